The van der Waals surface area contributed by atoms with Crippen LogP contribution in [0, 0.1) is 15.4 Å². The Hall–Kier alpha value is -2.51. The monoisotopic (exact) mass is 507 g/mol. The molecule has 5 heteroatoms. The van der Waals surface area contributed by atoms with Gasteiger partial charge in [-0.05, 0) is 69.1 Å². The molecule has 148 valence electrons. The lowest BCUT2D eigenvalue weighted by atomic mass is 9.47. The Balaban J connectivity index is 1.63. The van der Waals surface area contributed by atoms with E-state index in [0.29, 0.717) is 5.69 Å². The molecule has 0 spiro atoms. The highest BCUT2D eigenvalue weighted by Gasteiger charge is 2.68. The van der Waals surface area contributed by atoms with Crippen LogP contribution in [0.1, 0.15) is 28.2 Å². The van der Waals surface area contributed by atoms with Crippen LogP contribution in [0.25, 0.3) is 0 Å². The molecular weight excluding hydrogens is 489 g/mol. The largest absolute Gasteiger partial charge is 0.395 e. The van der Waals surface area contributed by atoms with E-state index in [0.717, 1.165) is 25.8 Å². The summed E-state index contributed by atoms with van der Waals surface area (Å²) < 4.78 is 1.04. The predicted octanol–water partition coefficient (Wildman–Crippen LogP) is 3.83. The number of hydrogen-bond acceptors (Lipinski definition) is 3. The van der Waals surface area contributed by atoms with Gasteiger partial charge >= 0.3 is 0 Å². The maximum absolute atomic E-state index is 13.8. The van der Waals surface area contributed by atoms with Gasteiger partial charge in [0.25, 0.3) is 0 Å². The molecule has 1 saturated heterocycles. The van der Waals surface area contributed by atoms with Gasteiger partial charge in [0.1, 0.15) is 0 Å². The fourth-order valence-corrected chi connectivity index (χ4v) is 6.40. The quantitative estimate of drug-likeness (QED) is 0.424. The minimum atomic E-state index is -0.905. The Kier molecular flexibility index (Phi) is 3.81. The van der Waals surface area contributed by atoms with Gasteiger partial charge in [0, 0.05) is 9.49 Å². The van der Waals surface area contributed by atoms with Gasteiger partial charge in [0.15, 0.2) is 0 Å². The highest BCUT2D eigenvalue weighted by molar-refractivity contribution is 14.1. The van der Waals surface area contributed by atoms with Crippen molar-refractivity contribution in [3.8, 4) is 0 Å². The maximum Gasteiger partial charge on any atom is 0.239 e. The lowest BCUT2D eigenvalue weighted by Crippen LogP contribution is -2.55. The second-order valence-electron chi connectivity index (χ2n) is 8.27. The molecule has 30 heavy (non-hydrogen) atoms. The standard InChI is InChI=1S/C25H18INO3/c26-14-9-11-15(12-10-14)27-23(29)21-20-16-5-1-3-7-18(16)25(13-28,22(21)24(27)30)19-8-4-2-6-17(19)20/h1-12,20-22,28H,13H2/t20?,21-,22-,25?/m0/s1. The number of amides is 2. The smallest absolute Gasteiger partial charge is 0.239 e. The van der Waals surface area contributed by atoms with Gasteiger partial charge in [-0.3, -0.25) is 9.59 Å². The molecular formula is C25H18INO3. The fraction of sp³-hybridized carbons (Fsp3) is 0.200. The van der Waals surface area contributed by atoms with Crippen LogP contribution in [-0.4, -0.2) is 23.5 Å². The fourth-order valence-electron chi connectivity index (χ4n) is 6.04. The molecule has 7 rings (SSSR count). The molecule has 0 saturated carbocycles. The van der Waals surface area contributed by atoms with Crippen LogP contribution in [0.3, 0.4) is 0 Å². The predicted molar refractivity (Wildman–Crippen MR) is 121 cm³/mol. The average molecular weight is 507 g/mol. The van der Waals surface area contributed by atoms with Gasteiger partial charge in [0.2, 0.25) is 11.8 Å². The zero-order chi connectivity index (χ0) is 20.6. The second-order valence-corrected chi connectivity index (χ2v) is 9.52. The molecule has 1 heterocycles. The molecule has 2 bridgehead atoms. The topological polar surface area (TPSA) is 57.6 Å². The lowest BCUT2D eigenvalue weighted by Gasteiger charge is -2.53. The molecule has 4 nitrogen and oxygen atoms in total. The van der Waals surface area contributed by atoms with E-state index in [1.165, 1.54) is 4.90 Å². The summed E-state index contributed by atoms with van der Waals surface area (Å²) in [4.78, 5) is 28.9. The van der Waals surface area contributed by atoms with Crippen molar-refractivity contribution in [3.63, 3.8) is 0 Å². The number of hydrogen-bond donors (Lipinski definition) is 1. The summed E-state index contributed by atoms with van der Waals surface area (Å²) in [6.07, 6.45) is 0. The van der Waals surface area contributed by atoms with Crippen molar-refractivity contribution < 1.29 is 14.7 Å². The first-order valence-corrected chi connectivity index (χ1v) is 11.1. The minimum absolute atomic E-state index is 0.168. The van der Waals surface area contributed by atoms with E-state index in [1.54, 1.807) is 0 Å². The van der Waals surface area contributed by atoms with Crippen molar-refractivity contribution in [1.29, 1.82) is 0 Å². The minimum Gasteiger partial charge on any atom is -0.395 e. The molecule has 4 aliphatic rings. The second kappa shape index (κ2) is 6.25. The summed E-state index contributed by atoms with van der Waals surface area (Å²) in [6, 6.07) is 23.4. The van der Waals surface area contributed by atoms with Crippen LogP contribution < -0.4 is 4.90 Å². The van der Waals surface area contributed by atoms with E-state index in [2.05, 4.69) is 22.6 Å². The Labute approximate surface area is 187 Å². The molecule has 1 fully saturated rings. The van der Waals surface area contributed by atoms with Crippen LogP contribution in [0.5, 0.6) is 0 Å². The van der Waals surface area contributed by atoms with Gasteiger partial charge in [-0.1, -0.05) is 48.5 Å². The summed E-state index contributed by atoms with van der Waals surface area (Å²) in [5.41, 5.74) is 3.75. The van der Waals surface area contributed by atoms with E-state index in [9.17, 15) is 14.7 Å². The Morgan fingerprint density at radius 2 is 1.40 bits per heavy atom. The average Bonchev–Trinajstić information content (AvgIpc) is 3.05. The van der Waals surface area contributed by atoms with Crippen molar-refractivity contribution in [2.45, 2.75) is 11.3 Å². The Morgan fingerprint density at radius 3 is 1.97 bits per heavy atom. The van der Waals surface area contributed by atoms with Crippen LogP contribution in [0.4, 0.5) is 5.69 Å². The van der Waals surface area contributed by atoms with Gasteiger partial charge in [-0.15, -0.1) is 0 Å². The molecule has 3 aliphatic carbocycles. The number of imide groups is 1. The molecule has 1 aliphatic heterocycles. The highest BCUT2D eigenvalue weighted by Crippen LogP contribution is 2.64. The Morgan fingerprint density at radius 1 is 0.833 bits per heavy atom. The number of aliphatic hydroxyl groups is 1. The number of aliphatic hydroxyl groups excluding tert-OH is 1. The van der Waals surface area contributed by atoms with Crippen LogP contribution in [-0.2, 0) is 15.0 Å². The zero-order valence-electron chi connectivity index (χ0n) is 16.0. The van der Waals surface area contributed by atoms with Crippen molar-refractivity contribution in [3.05, 3.63) is 98.6 Å². The molecule has 2 amide bonds. The van der Waals surface area contributed by atoms with E-state index in [4.69, 9.17) is 0 Å². The third-order valence-corrected chi connectivity index (χ3v) is 7.85. The number of carbonyl (C=O) groups is 2. The molecule has 0 unspecified atom stereocenters. The maximum atomic E-state index is 13.8. The first-order valence-electron chi connectivity index (χ1n) is 10.0. The SMILES string of the molecule is O=C1[C@@H]2[C@@H](C(=O)N1c1ccc(I)cc1)C1c3ccccc3C2(CO)c2ccccc21. The molecule has 3 aromatic carbocycles. The lowest BCUT2D eigenvalue weighted by molar-refractivity contribution is -0.124. The van der Waals surface area contributed by atoms with Gasteiger partial charge in [0.05, 0.1) is 29.5 Å². The zero-order valence-corrected chi connectivity index (χ0v) is 18.1. The number of benzene rings is 3. The van der Waals surface area contributed by atoms with Gasteiger partial charge < -0.3 is 5.11 Å². The normalized spacial score (nSPS) is 28.3. The number of carbonyl (C=O) groups excluding carboxylic acids is 2. The summed E-state index contributed by atoms with van der Waals surface area (Å²) in [5, 5.41) is 10.8. The molecule has 0 aromatic heterocycles. The van der Waals surface area contributed by atoms with E-state index in [1.807, 2.05) is 72.8 Å². The molecule has 0 radical (unpaired) electrons. The van der Waals surface area contributed by atoms with Crippen LogP contribution in [0.2, 0.25) is 0 Å². The molecule has 1 N–H and O–H groups in total. The van der Waals surface area contributed by atoms with Crippen LogP contribution in [0.15, 0.2) is 72.8 Å². The summed E-state index contributed by atoms with van der Waals surface area (Å²) in [6.45, 7) is -0.214. The number of nitrogens with zero attached hydrogens (tertiary/aromatic N) is 1. The van der Waals surface area contributed by atoms with Gasteiger partial charge in [-0.2, -0.15) is 0 Å². The third-order valence-electron chi connectivity index (χ3n) is 7.13. The molecule has 2 atom stereocenters. The molecule has 3 aromatic rings. The van der Waals surface area contributed by atoms with Crippen molar-refractivity contribution >= 4 is 40.1 Å². The van der Waals surface area contributed by atoms with E-state index in [-0.39, 0.29) is 24.3 Å². The summed E-state index contributed by atoms with van der Waals surface area (Å²) in [7, 11) is 0. The summed E-state index contributed by atoms with van der Waals surface area (Å²) in [5.74, 6) is -1.67. The first-order chi connectivity index (χ1) is 14.6. The number of halogens is 1. The number of rotatable bonds is 2. The highest BCUT2D eigenvalue weighted by atomic mass is 127. The Bertz CT molecular complexity index is 1170. The van der Waals surface area contributed by atoms with Crippen molar-refractivity contribution in [2.24, 2.45) is 11.8 Å². The van der Waals surface area contributed by atoms with E-state index < -0.39 is 17.3 Å². The first kappa shape index (κ1) is 18.3. The third kappa shape index (κ3) is 2.04. The summed E-state index contributed by atoms with van der Waals surface area (Å²) >= 11 is 2.21. The number of anilines is 1. The van der Waals surface area contributed by atoms with Crippen molar-refractivity contribution in [1.82, 2.24) is 0 Å². The van der Waals surface area contributed by atoms with Crippen molar-refractivity contribution in [2.75, 3.05) is 11.5 Å². The van der Waals surface area contributed by atoms with E-state index >= 15 is 0 Å². The van der Waals surface area contributed by atoms with Crippen LogP contribution >= 0.6 is 22.6 Å². The van der Waals surface area contributed by atoms with Gasteiger partial charge in [-0.25, -0.2) is 4.90 Å².